The van der Waals surface area contributed by atoms with Crippen LogP contribution in [-0.2, 0) is 0 Å². The average Bonchev–Trinajstić information content (AvgIpc) is 2.09. The van der Waals surface area contributed by atoms with E-state index in [4.69, 9.17) is 0 Å². The van der Waals surface area contributed by atoms with Gasteiger partial charge in [-0.2, -0.15) is 0 Å². The molecule has 0 amide bonds. The number of quaternary nitrogens is 1. The van der Waals surface area contributed by atoms with E-state index in [1.54, 1.807) is 0 Å². The second-order valence-electron chi connectivity index (χ2n) is 3.96. The molecule has 0 saturated heterocycles. The molecule has 0 aromatic heterocycles. The number of benzene rings is 1. The number of rotatable bonds is 3. The van der Waals surface area contributed by atoms with Crippen molar-refractivity contribution in [2.45, 2.75) is 33.1 Å². The first-order chi connectivity index (χ1) is 6.16. The summed E-state index contributed by atoms with van der Waals surface area (Å²) in [4.78, 5) is 0. The van der Waals surface area contributed by atoms with E-state index in [2.05, 4.69) is 50.8 Å². The van der Waals surface area contributed by atoms with Gasteiger partial charge in [0.15, 0.2) is 0 Å². The Hall–Kier alpha value is -0.820. The fourth-order valence-corrected chi connectivity index (χ4v) is 1.95. The predicted octanol–water partition coefficient (Wildman–Crippen LogP) is 2.71. The first-order valence-electron chi connectivity index (χ1n) is 5.07. The lowest BCUT2D eigenvalue weighted by atomic mass is 9.85. The van der Waals surface area contributed by atoms with Crippen LogP contribution in [0, 0.1) is 5.92 Å². The Balaban J connectivity index is 2.97. The third kappa shape index (κ3) is 2.31. The summed E-state index contributed by atoms with van der Waals surface area (Å²) in [7, 11) is 0. The van der Waals surface area contributed by atoms with Crippen LogP contribution in [0.4, 0.5) is 5.69 Å². The van der Waals surface area contributed by atoms with Gasteiger partial charge >= 0.3 is 0 Å². The highest BCUT2D eigenvalue weighted by Gasteiger charge is 2.16. The Kier molecular flexibility index (Phi) is 3.49. The van der Waals surface area contributed by atoms with Crippen molar-refractivity contribution in [1.82, 2.24) is 0 Å². The van der Waals surface area contributed by atoms with Gasteiger partial charge in [-0.25, -0.2) is 0 Å². The molecule has 72 valence electrons. The summed E-state index contributed by atoms with van der Waals surface area (Å²) in [6.45, 7) is 6.80. The molecule has 0 radical (unpaired) electrons. The van der Waals surface area contributed by atoms with Crippen molar-refractivity contribution >= 4 is 5.69 Å². The Morgan fingerprint density at radius 2 is 1.85 bits per heavy atom. The fraction of sp³-hybridized carbons (Fsp3) is 0.500. The highest BCUT2D eigenvalue weighted by molar-refractivity contribution is 5.40. The van der Waals surface area contributed by atoms with Crippen LogP contribution < -0.4 is 5.73 Å². The molecule has 1 aromatic carbocycles. The van der Waals surface area contributed by atoms with Crippen LogP contribution in [0.5, 0.6) is 0 Å². The van der Waals surface area contributed by atoms with Gasteiger partial charge in [0, 0.05) is 5.56 Å². The third-order valence-electron chi connectivity index (χ3n) is 2.70. The Labute approximate surface area is 81.0 Å². The van der Waals surface area contributed by atoms with E-state index < -0.39 is 0 Å². The monoisotopic (exact) mass is 178 g/mol. The summed E-state index contributed by atoms with van der Waals surface area (Å²) < 4.78 is 0. The van der Waals surface area contributed by atoms with E-state index in [0.717, 1.165) is 0 Å². The van der Waals surface area contributed by atoms with Crippen LogP contribution >= 0.6 is 0 Å². The molecular weight excluding hydrogens is 158 g/mol. The van der Waals surface area contributed by atoms with Gasteiger partial charge in [-0.1, -0.05) is 39.0 Å². The molecule has 1 aromatic rings. The molecule has 1 nitrogen and oxygen atoms in total. The van der Waals surface area contributed by atoms with Crippen LogP contribution in [0.15, 0.2) is 24.3 Å². The highest BCUT2D eigenvalue weighted by Crippen LogP contribution is 2.30. The first kappa shape index (κ1) is 10.3. The van der Waals surface area contributed by atoms with E-state index in [1.807, 2.05) is 0 Å². The third-order valence-corrected chi connectivity index (χ3v) is 2.70. The standard InChI is InChI=1S/C12H19N/c1-4-10(9(2)3)11-7-5-6-8-12(11)13/h5-10H,4,13H2,1-3H3/p+1. The van der Waals surface area contributed by atoms with Gasteiger partial charge < -0.3 is 5.73 Å². The van der Waals surface area contributed by atoms with E-state index in [9.17, 15) is 0 Å². The van der Waals surface area contributed by atoms with E-state index in [1.165, 1.54) is 17.7 Å². The molecule has 0 aliphatic rings. The predicted molar refractivity (Wildman–Crippen MR) is 56.9 cm³/mol. The van der Waals surface area contributed by atoms with E-state index in [-0.39, 0.29) is 0 Å². The van der Waals surface area contributed by atoms with Gasteiger partial charge in [-0.15, -0.1) is 0 Å². The minimum absolute atomic E-state index is 0.661. The topological polar surface area (TPSA) is 27.6 Å². The molecule has 13 heavy (non-hydrogen) atoms. The summed E-state index contributed by atoms with van der Waals surface area (Å²) in [5, 5.41) is 0. The molecule has 1 atom stereocenters. The molecule has 0 bridgehead atoms. The Bertz CT molecular complexity index is 266. The smallest absolute Gasteiger partial charge is 0.131 e. The van der Waals surface area contributed by atoms with Crippen molar-refractivity contribution in [3.8, 4) is 0 Å². The summed E-state index contributed by atoms with van der Waals surface area (Å²) in [6.07, 6.45) is 1.20. The van der Waals surface area contributed by atoms with Crippen LogP contribution in [0.3, 0.4) is 0 Å². The Morgan fingerprint density at radius 3 is 2.31 bits per heavy atom. The first-order valence-corrected chi connectivity index (χ1v) is 5.07. The molecule has 3 N–H and O–H groups in total. The average molecular weight is 178 g/mol. The van der Waals surface area contributed by atoms with Gasteiger partial charge in [-0.05, 0) is 24.3 Å². The molecule has 0 aliphatic heterocycles. The zero-order valence-electron chi connectivity index (χ0n) is 8.88. The molecule has 0 spiro atoms. The van der Waals surface area contributed by atoms with Gasteiger partial charge in [0.2, 0.25) is 0 Å². The minimum atomic E-state index is 0.661. The molecule has 0 saturated carbocycles. The molecule has 1 unspecified atom stereocenters. The lowest BCUT2D eigenvalue weighted by molar-refractivity contribution is -0.256. The van der Waals surface area contributed by atoms with Crippen LogP contribution in [0.2, 0.25) is 0 Å². The molecule has 0 aliphatic carbocycles. The second kappa shape index (κ2) is 4.43. The zero-order valence-corrected chi connectivity index (χ0v) is 8.88. The summed E-state index contributed by atoms with van der Waals surface area (Å²) in [5.41, 5.74) is 6.67. The molecule has 1 rings (SSSR count). The molecule has 1 heteroatoms. The summed E-state index contributed by atoms with van der Waals surface area (Å²) in [5.74, 6) is 1.36. The maximum Gasteiger partial charge on any atom is 0.131 e. The Morgan fingerprint density at radius 1 is 1.23 bits per heavy atom. The quantitative estimate of drug-likeness (QED) is 0.737. The SMILES string of the molecule is CCC(c1ccccc1[NH3+])C(C)C. The normalized spacial score (nSPS) is 13.3. The van der Waals surface area contributed by atoms with Crippen molar-refractivity contribution in [1.29, 1.82) is 0 Å². The van der Waals surface area contributed by atoms with Crippen LogP contribution in [-0.4, -0.2) is 0 Å². The van der Waals surface area contributed by atoms with Gasteiger partial charge in [0.1, 0.15) is 5.69 Å². The van der Waals surface area contributed by atoms with E-state index >= 15 is 0 Å². The number of hydrogen-bond acceptors (Lipinski definition) is 0. The summed E-state index contributed by atoms with van der Waals surface area (Å²) >= 11 is 0. The molecule has 0 fully saturated rings. The molecule has 0 heterocycles. The van der Waals surface area contributed by atoms with Crippen molar-refractivity contribution in [3.05, 3.63) is 29.8 Å². The van der Waals surface area contributed by atoms with E-state index in [0.29, 0.717) is 11.8 Å². The van der Waals surface area contributed by atoms with Crippen molar-refractivity contribution in [2.24, 2.45) is 5.92 Å². The number of hydrogen-bond donors (Lipinski definition) is 1. The van der Waals surface area contributed by atoms with Gasteiger partial charge in [0.05, 0.1) is 0 Å². The highest BCUT2D eigenvalue weighted by atomic mass is 14.6. The van der Waals surface area contributed by atoms with Crippen molar-refractivity contribution in [3.63, 3.8) is 0 Å². The minimum Gasteiger partial charge on any atom is -0.325 e. The van der Waals surface area contributed by atoms with Crippen LogP contribution in [0.1, 0.15) is 38.7 Å². The van der Waals surface area contributed by atoms with Crippen molar-refractivity contribution < 1.29 is 5.73 Å². The fourth-order valence-electron chi connectivity index (χ4n) is 1.95. The lowest BCUT2D eigenvalue weighted by Gasteiger charge is -2.19. The van der Waals surface area contributed by atoms with Crippen LogP contribution in [0.25, 0.3) is 0 Å². The maximum absolute atomic E-state index is 4.07. The molecular formula is C12H20N+. The lowest BCUT2D eigenvalue weighted by Crippen LogP contribution is -2.41. The summed E-state index contributed by atoms with van der Waals surface area (Å²) in [6, 6.07) is 8.46. The van der Waals surface area contributed by atoms with Gasteiger partial charge in [0.25, 0.3) is 0 Å². The van der Waals surface area contributed by atoms with Crippen molar-refractivity contribution in [2.75, 3.05) is 0 Å². The van der Waals surface area contributed by atoms with Gasteiger partial charge in [-0.3, -0.25) is 0 Å². The largest absolute Gasteiger partial charge is 0.325 e. The second-order valence-corrected chi connectivity index (χ2v) is 3.96. The maximum atomic E-state index is 4.07. The zero-order chi connectivity index (χ0) is 9.84.